The number of halogens is 2. The molecule has 1 rings (SSSR count). The van der Waals surface area contributed by atoms with Crippen molar-refractivity contribution >= 4 is 37.8 Å². The van der Waals surface area contributed by atoms with Crippen LogP contribution in [0.15, 0.2) is 28.7 Å². The Hall–Kier alpha value is -0.350. The van der Waals surface area contributed by atoms with Crippen LogP contribution in [0, 0.1) is 0 Å². The number of unbranched alkanes of at least 4 members (excludes halogenated alkanes) is 3. The highest BCUT2D eigenvalue weighted by atomic mass is 79.9. The number of hydrogen-bond donors (Lipinski definition) is 1. The molecule has 0 aliphatic carbocycles. The van der Waals surface area contributed by atoms with E-state index in [1.54, 1.807) is 0 Å². The monoisotopic (exact) mass is 375 g/mol. The summed E-state index contributed by atoms with van der Waals surface area (Å²) in [7, 11) is 0. The molecule has 0 heterocycles. The van der Waals surface area contributed by atoms with Crippen LogP contribution in [0.1, 0.15) is 31.2 Å². The van der Waals surface area contributed by atoms with Crippen LogP contribution < -0.4 is 5.32 Å². The van der Waals surface area contributed by atoms with E-state index in [2.05, 4.69) is 37.2 Å². The van der Waals surface area contributed by atoms with Crippen molar-refractivity contribution in [2.24, 2.45) is 0 Å². The summed E-state index contributed by atoms with van der Waals surface area (Å²) in [6, 6.07) is 7.87. The Kier molecular flexibility index (Phi) is 8.34. The van der Waals surface area contributed by atoms with Crippen LogP contribution in [0.2, 0.25) is 0 Å². The molecule has 0 aromatic heterocycles. The van der Waals surface area contributed by atoms with Gasteiger partial charge in [0.2, 0.25) is 5.91 Å². The van der Waals surface area contributed by atoms with Gasteiger partial charge < -0.3 is 5.32 Å². The minimum absolute atomic E-state index is 0.109. The molecule has 1 N–H and O–H groups in total. The minimum Gasteiger partial charge on any atom is -0.356 e. The van der Waals surface area contributed by atoms with Crippen molar-refractivity contribution in [1.82, 2.24) is 5.32 Å². The van der Waals surface area contributed by atoms with E-state index >= 15 is 0 Å². The number of benzene rings is 1. The second-order valence-corrected chi connectivity index (χ2v) is 5.97. The van der Waals surface area contributed by atoms with E-state index < -0.39 is 0 Å². The molecule has 0 atom stereocenters. The van der Waals surface area contributed by atoms with Crippen LogP contribution >= 0.6 is 31.9 Å². The summed E-state index contributed by atoms with van der Waals surface area (Å²) < 4.78 is 1.04. The van der Waals surface area contributed by atoms with Crippen LogP contribution in [0.25, 0.3) is 0 Å². The van der Waals surface area contributed by atoms with E-state index in [0.717, 1.165) is 28.3 Å². The van der Waals surface area contributed by atoms with Crippen LogP contribution in [-0.4, -0.2) is 17.8 Å². The van der Waals surface area contributed by atoms with Crippen molar-refractivity contribution < 1.29 is 4.79 Å². The summed E-state index contributed by atoms with van der Waals surface area (Å²) in [5.41, 5.74) is 1.05. The molecule has 0 bridgehead atoms. The second kappa shape index (κ2) is 9.56. The molecule has 1 aromatic carbocycles. The molecular formula is C14H19Br2NO. The molecule has 100 valence electrons. The molecule has 0 unspecified atom stereocenters. The summed E-state index contributed by atoms with van der Waals surface area (Å²) in [5.74, 6) is 0.109. The molecule has 0 saturated heterocycles. The Morgan fingerprint density at radius 3 is 2.39 bits per heavy atom. The van der Waals surface area contributed by atoms with Crippen LogP contribution in [0.4, 0.5) is 0 Å². The third-order valence-corrected chi connectivity index (χ3v) is 3.75. The standard InChI is InChI=1S/C14H19Br2NO/c15-9-3-1-2-4-10-17-14(18)11-12-5-7-13(16)8-6-12/h5-8H,1-4,9-11H2,(H,17,18). The lowest BCUT2D eigenvalue weighted by Crippen LogP contribution is -2.26. The topological polar surface area (TPSA) is 29.1 Å². The van der Waals surface area contributed by atoms with Gasteiger partial charge in [-0.3, -0.25) is 4.79 Å². The number of carbonyl (C=O) groups excluding carboxylic acids is 1. The third-order valence-electron chi connectivity index (χ3n) is 2.66. The Morgan fingerprint density at radius 2 is 1.72 bits per heavy atom. The van der Waals surface area contributed by atoms with Gasteiger partial charge in [-0.05, 0) is 30.5 Å². The van der Waals surface area contributed by atoms with Gasteiger partial charge in [0.25, 0.3) is 0 Å². The van der Waals surface area contributed by atoms with E-state index in [0.29, 0.717) is 6.42 Å². The molecule has 0 fully saturated rings. The first kappa shape index (κ1) is 15.7. The highest BCUT2D eigenvalue weighted by Gasteiger charge is 2.02. The van der Waals surface area contributed by atoms with Gasteiger partial charge in [-0.1, -0.05) is 56.8 Å². The van der Waals surface area contributed by atoms with E-state index in [1.807, 2.05) is 24.3 Å². The molecule has 1 aromatic rings. The summed E-state index contributed by atoms with van der Waals surface area (Å²) >= 11 is 6.79. The molecule has 2 nitrogen and oxygen atoms in total. The van der Waals surface area contributed by atoms with Crippen molar-refractivity contribution in [3.63, 3.8) is 0 Å². The fourth-order valence-corrected chi connectivity index (χ4v) is 2.31. The van der Waals surface area contributed by atoms with Crippen molar-refractivity contribution in [2.75, 3.05) is 11.9 Å². The summed E-state index contributed by atoms with van der Waals surface area (Å²) in [5, 5.41) is 4.03. The molecule has 0 aliphatic rings. The maximum absolute atomic E-state index is 11.7. The maximum Gasteiger partial charge on any atom is 0.224 e. The lowest BCUT2D eigenvalue weighted by Gasteiger charge is -2.05. The van der Waals surface area contributed by atoms with Crippen molar-refractivity contribution in [3.05, 3.63) is 34.3 Å². The average Bonchev–Trinajstić information content (AvgIpc) is 2.36. The first-order chi connectivity index (χ1) is 8.72. The van der Waals surface area contributed by atoms with Gasteiger partial charge in [0.1, 0.15) is 0 Å². The Labute approximate surface area is 126 Å². The zero-order valence-corrected chi connectivity index (χ0v) is 13.6. The zero-order valence-electron chi connectivity index (χ0n) is 10.4. The summed E-state index contributed by atoms with van der Waals surface area (Å²) in [6.07, 6.45) is 5.17. The van der Waals surface area contributed by atoms with Gasteiger partial charge in [-0.25, -0.2) is 0 Å². The number of nitrogens with one attached hydrogen (secondary N) is 1. The van der Waals surface area contributed by atoms with Gasteiger partial charge in [0, 0.05) is 16.3 Å². The lowest BCUT2D eigenvalue weighted by molar-refractivity contribution is -0.120. The molecule has 18 heavy (non-hydrogen) atoms. The van der Waals surface area contributed by atoms with Gasteiger partial charge in [-0.2, -0.15) is 0 Å². The Morgan fingerprint density at radius 1 is 1.06 bits per heavy atom. The molecular weight excluding hydrogens is 358 g/mol. The predicted molar refractivity (Wildman–Crippen MR) is 83.1 cm³/mol. The fraction of sp³-hybridized carbons (Fsp3) is 0.500. The summed E-state index contributed by atoms with van der Waals surface area (Å²) in [6.45, 7) is 0.789. The molecule has 0 spiro atoms. The Balaban J connectivity index is 2.12. The average molecular weight is 377 g/mol. The van der Waals surface area contributed by atoms with Crippen molar-refractivity contribution in [1.29, 1.82) is 0 Å². The van der Waals surface area contributed by atoms with Gasteiger partial charge >= 0.3 is 0 Å². The highest BCUT2D eigenvalue weighted by molar-refractivity contribution is 9.10. The first-order valence-electron chi connectivity index (χ1n) is 6.29. The number of rotatable bonds is 8. The van der Waals surface area contributed by atoms with Gasteiger partial charge in [0.05, 0.1) is 6.42 Å². The van der Waals surface area contributed by atoms with Crippen LogP contribution in [0.3, 0.4) is 0 Å². The zero-order chi connectivity index (χ0) is 13.2. The van der Waals surface area contributed by atoms with E-state index in [-0.39, 0.29) is 5.91 Å². The third kappa shape index (κ3) is 7.17. The smallest absolute Gasteiger partial charge is 0.224 e. The fourth-order valence-electron chi connectivity index (χ4n) is 1.65. The first-order valence-corrected chi connectivity index (χ1v) is 8.21. The van der Waals surface area contributed by atoms with E-state index in [1.165, 1.54) is 19.3 Å². The predicted octanol–water partition coefficient (Wildman–Crippen LogP) is 4.06. The number of hydrogen-bond acceptors (Lipinski definition) is 1. The highest BCUT2D eigenvalue weighted by Crippen LogP contribution is 2.10. The number of amides is 1. The molecule has 1 amide bonds. The van der Waals surface area contributed by atoms with E-state index in [4.69, 9.17) is 0 Å². The quantitative estimate of drug-likeness (QED) is 0.537. The Bertz CT molecular complexity index is 351. The maximum atomic E-state index is 11.7. The van der Waals surface area contributed by atoms with Crippen molar-refractivity contribution in [3.8, 4) is 0 Å². The summed E-state index contributed by atoms with van der Waals surface area (Å²) in [4.78, 5) is 11.7. The lowest BCUT2D eigenvalue weighted by atomic mass is 10.1. The van der Waals surface area contributed by atoms with Crippen molar-refractivity contribution in [2.45, 2.75) is 32.1 Å². The van der Waals surface area contributed by atoms with Gasteiger partial charge in [0.15, 0.2) is 0 Å². The van der Waals surface area contributed by atoms with Crippen LogP contribution in [0.5, 0.6) is 0 Å². The van der Waals surface area contributed by atoms with Gasteiger partial charge in [-0.15, -0.1) is 0 Å². The molecule has 0 saturated carbocycles. The minimum atomic E-state index is 0.109. The second-order valence-electron chi connectivity index (χ2n) is 4.26. The van der Waals surface area contributed by atoms with E-state index in [9.17, 15) is 4.79 Å². The number of alkyl halides is 1. The SMILES string of the molecule is O=C(Cc1ccc(Br)cc1)NCCCCCCBr. The molecule has 0 aliphatic heterocycles. The molecule has 4 heteroatoms. The van der Waals surface area contributed by atoms with Crippen LogP contribution in [-0.2, 0) is 11.2 Å². The largest absolute Gasteiger partial charge is 0.356 e. The molecule has 0 radical (unpaired) electrons. The number of carbonyl (C=O) groups is 1. The normalized spacial score (nSPS) is 10.3.